The number of carbonyl (C=O) groups excluding carboxylic acids is 1. The number of hydrogen-bond donors (Lipinski definition) is 2. The van der Waals surface area contributed by atoms with Gasteiger partial charge in [0.25, 0.3) is 0 Å². The number of aromatic nitrogens is 2. The lowest BCUT2D eigenvalue weighted by Crippen LogP contribution is -2.18. The lowest BCUT2D eigenvalue weighted by atomic mass is 10.1. The first kappa shape index (κ1) is 15.9. The summed E-state index contributed by atoms with van der Waals surface area (Å²) in [6.07, 6.45) is 0. The number of amides is 1. The Hall–Kier alpha value is -2.43. The quantitative estimate of drug-likeness (QED) is 0.902. The van der Waals surface area contributed by atoms with Gasteiger partial charge in [-0.1, -0.05) is 31.5 Å². The van der Waals surface area contributed by atoms with Crippen molar-refractivity contribution in [3.8, 4) is 0 Å². The molecule has 0 aliphatic carbocycles. The van der Waals surface area contributed by atoms with Crippen LogP contribution < -0.4 is 10.6 Å². The third kappa shape index (κ3) is 3.81. The van der Waals surface area contributed by atoms with Gasteiger partial charge in [0.2, 0.25) is 5.91 Å². The third-order valence-corrected chi connectivity index (χ3v) is 3.37. The minimum absolute atomic E-state index is 0.0692. The molecule has 0 saturated heterocycles. The van der Waals surface area contributed by atoms with Gasteiger partial charge in [0, 0.05) is 11.6 Å². The monoisotopic (exact) mass is 298 g/mol. The second-order valence-corrected chi connectivity index (χ2v) is 5.85. The molecular formula is C17H22N4O. The molecule has 1 amide bonds. The molecule has 0 atom stereocenters. The zero-order chi connectivity index (χ0) is 16.3. The Labute approximate surface area is 131 Å². The van der Waals surface area contributed by atoms with Crippen molar-refractivity contribution in [2.75, 3.05) is 10.6 Å². The summed E-state index contributed by atoms with van der Waals surface area (Å²) in [6, 6.07) is 7.80. The molecule has 2 aromatic rings. The molecule has 0 unspecified atom stereocenters. The van der Waals surface area contributed by atoms with Crippen molar-refractivity contribution in [1.29, 1.82) is 0 Å². The lowest BCUT2D eigenvalue weighted by molar-refractivity contribution is -0.118. The molecule has 1 aromatic heterocycles. The summed E-state index contributed by atoms with van der Waals surface area (Å²) in [5.74, 6) is 0.955. The van der Waals surface area contributed by atoms with Gasteiger partial charge >= 0.3 is 0 Å². The van der Waals surface area contributed by atoms with Crippen molar-refractivity contribution in [1.82, 2.24) is 10.2 Å². The van der Waals surface area contributed by atoms with Crippen molar-refractivity contribution >= 4 is 23.2 Å². The van der Waals surface area contributed by atoms with E-state index in [4.69, 9.17) is 0 Å². The van der Waals surface area contributed by atoms with Crippen LogP contribution in [0.25, 0.3) is 0 Å². The van der Waals surface area contributed by atoms with Gasteiger partial charge in [-0.05, 0) is 44.0 Å². The van der Waals surface area contributed by atoms with Crippen LogP contribution in [-0.4, -0.2) is 16.1 Å². The standard InChI is InChI=1S/C17H22N4O/c1-10(2)17(22)19-15-7-6-14(20-21-15)18-16-12(4)8-11(3)9-13(16)5/h6-10H,1-5H3,(H,18,20)(H,19,21,22). The highest BCUT2D eigenvalue weighted by atomic mass is 16.1. The second-order valence-electron chi connectivity index (χ2n) is 5.85. The van der Waals surface area contributed by atoms with Crippen LogP contribution in [0, 0.1) is 26.7 Å². The fourth-order valence-corrected chi connectivity index (χ4v) is 2.24. The Balaban J connectivity index is 2.14. The number of rotatable bonds is 4. The fraction of sp³-hybridized carbons (Fsp3) is 0.353. The maximum Gasteiger partial charge on any atom is 0.228 e. The molecule has 0 radical (unpaired) electrons. The third-order valence-electron chi connectivity index (χ3n) is 3.37. The Bertz CT molecular complexity index is 655. The van der Waals surface area contributed by atoms with E-state index >= 15 is 0 Å². The number of nitrogens with one attached hydrogen (secondary N) is 2. The van der Waals surface area contributed by atoms with Gasteiger partial charge in [0.15, 0.2) is 11.6 Å². The SMILES string of the molecule is Cc1cc(C)c(Nc2ccc(NC(=O)C(C)C)nn2)c(C)c1. The van der Waals surface area contributed by atoms with Crippen molar-refractivity contribution < 1.29 is 4.79 Å². The van der Waals surface area contributed by atoms with E-state index in [1.807, 2.05) is 19.9 Å². The van der Waals surface area contributed by atoms with E-state index in [1.165, 1.54) is 5.56 Å². The van der Waals surface area contributed by atoms with Crippen LogP contribution in [0.3, 0.4) is 0 Å². The number of carbonyl (C=O) groups is 1. The number of benzene rings is 1. The van der Waals surface area contributed by atoms with Crippen LogP contribution in [0.1, 0.15) is 30.5 Å². The molecule has 0 aliphatic heterocycles. The van der Waals surface area contributed by atoms with Crippen molar-refractivity contribution in [2.45, 2.75) is 34.6 Å². The molecule has 2 rings (SSSR count). The first-order chi connectivity index (χ1) is 10.4. The lowest BCUT2D eigenvalue weighted by Gasteiger charge is -2.13. The Morgan fingerprint density at radius 2 is 1.55 bits per heavy atom. The largest absolute Gasteiger partial charge is 0.338 e. The first-order valence-corrected chi connectivity index (χ1v) is 7.36. The van der Waals surface area contributed by atoms with Gasteiger partial charge in [-0.2, -0.15) is 0 Å². The van der Waals surface area contributed by atoms with E-state index < -0.39 is 0 Å². The van der Waals surface area contributed by atoms with Crippen LogP contribution in [0.5, 0.6) is 0 Å². The molecule has 0 aliphatic rings. The van der Waals surface area contributed by atoms with Gasteiger partial charge < -0.3 is 10.6 Å². The maximum atomic E-state index is 11.6. The molecule has 5 heteroatoms. The molecule has 2 N–H and O–H groups in total. The topological polar surface area (TPSA) is 66.9 Å². The zero-order valence-electron chi connectivity index (χ0n) is 13.7. The van der Waals surface area contributed by atoms with E-state index in [0.29, 0.717) is 11.6 Å². The summed E-state index contributed by atoms with van der Waals surface area (Å²) < 4.78 is 0. The van der Waals surface area contributed by atoms with E-state index in [1.54, 1.807) is 6.07 Å². The normalized spacial score (nSPS) is 10.6. The fourth-order valence-electron chi connectivity index (χ4n) is 2.24. The Morgan fingerprint density at radius 1 is 1.00 bits per heavy atom. The maximum absolute atomic E-state index is 11.6. The Kier molecular flexibility index (Phi) is 4.75. The highest BCUT2D eigenvalue weighted by Crippen LogP contribution is 2.25. The summed E-state index contributed by atoms with van der Waals surface area (Å²) in [5.41, 5.74) is 4.60. The molecule has 0 fully saturated rings. The highest BCUT2D eigenvalue weighted by Gasteiger charge is 2.09. The van der Waals surface area contributed by atoms with Gasteiger partial charge in [-0.25, -0.2) is 0 Å². The van der Waals surface area contributed by atoms with E-state index in [2.05, 4.69) is 53.7 Å². The molecule has 0 saturated carbocycles. The number of hydrogen-bond acceptors (Lipinski definition) is 4. The molecule has 0 bridgehead atoms. The zero-order valence-corrected chi connectivity index (χ0v) is 13.7. The first-order valence-electron chi connectivity index (χ1n) is 7.36. The van der Waals surface area contributed by atoms with Crippen LogP contribution in [-0.2, 0) is 4.79 Å². The van der Waals surface area contributed by atoms with E-state index in [-0.39, 0.29) is 11.8 Å². The highest BCUT2D eigenvalue weighted by molar-refractivity contribution is 5.91. The van der Waals surface area contributed by atoms with E-state index in [9.17, 15) is 4.79 Å². The van der Waals surface area contributed by atoms with Crippen LogP contribution in [0.15, 0.2) is 24.3 Å². The summed E-state index contributed by atoms with van der Waals surface area (Å²) in [5, 5.41) is 14.2. The average molecular weight is 298 g/mol. The van der Waals surface area contributed by atoms with Crippen LogP contribution in [0.2, 0.25) is 0 Å². The van der Waals surface area contributed by atoms with E-state index in [0.717, 1.165) is 16.8 Å². The van der Waals surface area contributed by atoms with Gasteiger partial charge in [-0.3, -0.25) is 4.79 Å². The minimum atomic E-state index is -0.0857. The summed E-state index contributed by atoms with van der Waals surface area (Å²) in [4.78, 5) is 11.6. The molecular weight excluding hydrogens is 276 g/mol. The summed E-state index contributed by atoms with van der Waals surface area (Å²) >= 11 is 0. The summed E-state index contributed by atoms with van der Waals surface area (Å²) in [6.45, 7) is 9.87. The minimum Gasteiger partial charge on any atom is -0.338 e. The predicted molar refractivity (Wildman–Crippen MR) is 89.4 cm³/mol. The predicted octanol–water partition coefficient (Wildman–Crippen LogP) is 3.74. The summed E-state index contributed by atoms with van der Waals surface area (Å²) in [7, 11) is 0. The van der Waals surface area contributed by atoms with Gasteiger partial charge in [0.05, 0.1) is 0 Å². The Morgan fingerprint density at radius 3 is 2.05 bits per heavy atom. The molecule has 116 valence electrons. The molecule has 1 aromatic carbocycles. The van der Waals surface area contributed by atoms with Crippen molar-refractivity contribution in [2.24, 2.45) is 5.92 Å². The molecule has 22 heavy (non-hydrogen) atoms. The molecule has 0 spiro atoms. The number of aryl methyl sites for hydroxylation is 3. The number of nitrogens with zero attached hydrogens (tertiary/aromatic N) is 2. The smallest absolute Gasteiger partial charge is 0.228 e. The van der Waals surface area contributed by atoms with Crippen molar-refractivity contribution in [3.63, 3.8) is 0 Å². The number of anilines is 3. The van der Waals surface area contributed by atoms with Crippen LogP contribution in [0.4, 0.5) is 17.3 Å². The van der Waals surface area contributed by atoms with Gasteiger partial charge in [0.1, 0.15) is 0 Å². The van der Waals surface area contributed by atoms with Gasteiger partial charge in [-0.15, -0.1) is 10.2 Å². The van der Waals surface area contributed by atoms with Crippen LogP contribution >= 0.6 is 0 Å². The second kappa shape index (κ2) is 6.56. The molecule has 1 heterocycles. The average Bonchev–Trinajstić information content (AvgIpc) is 2.44. The van der Waals surface area contributed by atoms with Crippen molar-refractivity contribution in [3.05, 3.63) is 41.0 Å². The molecule has 5 nitrogen and oxygen atoms in total.